The van der Waals surface area contributed by atoms with Crippen molar-refractivity contribution in [2.75, 3.05) is 24.3 Å². The molecule has 1 aromatic carbocycles. The van der Waals surface area contributed by atoms with E-state index in [1.54, 1.807) is 7.05 Å². The lowest BCUT2D eigenvalue weighted by molar-refractivity contribution is 0.292. The van der Waals surface area contributed by atoms with E-state index >= 15 is 0 Å². The van der Waals surface area contributed by atoms with Gasteiger partial charge in [-0.1, -0.05) is 13.0 Å². The van der Waals surface area contributed by atoms with Crippen LogP contribution in [0.2, 0.25) is 0 Å². The largest absolute Gasteiger partial charge is 0.463 e. The molecule has 1 aromatic heterocycles. The Morgan fingerprint density at radius 2 is 1.76 bits per heavy atom. The molecule has 2 N–H and O–H groups in total. The number of nitrogens with one attached hydrogen (secondary N) is 2. The lowest BCUT2D eigenvalue weighted by Crippen LogP contribution is -2.08. The van der Waals surface area contributed by atoms with E-state index in [2.05, 4.69) is 25.6 Å². The van der Waals surface area contributed by atoms with E-state index in [1.807, 2.05) is 6.92 Å². The second-order valence-corrected chi connectivity index (χ2v) is 4.09. The summed E-state index contributed by atoms with van der Waals surface area (Å²) in [5.74, 6) is -1.25. The van der Waals surface area contributed by atoms with Crippen LogP contribution in [0.15, 0.2) is 18.2 Å². The summed E-state index contributed by atoms with van der Waals surface area (Å²) >= 11 is 0. The molecule has 0 radical (unpaired) electrons. The monoisotopic (exact) mass is 295 g/mol. The molecule has 0 aliphatic rings. The molecule has 0 aliphatic heterocycles. The third-order valence-corrected chi connectivity index (χ3v) is 2.47. The van der Waals surface area contributed by atoms with E-state index in [1.165, 1.54) is 6.07 Å². The third-order valence-electron chi connectivity index (χ3n) is 2.47. The summed E-state index contributed by atoms with van der Waals surface area (Å²) in [5.41, 5.74) is -0.327. The van der Waals surface area contributed by atoms with Gasteiger partial charge in [0.1, 0.15) is 17.3 Å². The highest BCUT2D eigenvalue weighted by Crippen LogP contribution is 2.22. The van der Waals surface area contributed by atoms with Crippen molar-refractivity contribution in [3.8, 4) is 6.01 Å². The first-order chi connectivity index (χ1) is 10.1. The van der Waals surface area contributed by atoms with Crippen LogP contribution in [0.4, 0.5) is 26.4 Å². The van der Waals surface area contributed by atoms with Crippen LogP contribution in [0.25, 0.3) is 0 Å². The van der Waals surface area contributed by atoms with Crippen LogP contribution in [0.1, 0.15) is 13.3 Å². The molecule has 0 fully saturated rings. The summed E-state index contributed by atoms with van der Waals surface area (Å²) < 4.78 is 32.5. The minimum atomic E-state index is -0.738. The van der Waals surface area contributed by atoms with E-state index in [4.69, 9.17) is 4.74 Å². The van der Waals surface area contributed by atoms with E-state index < -0.39 is 11.6 Å². The lowest BCUT2D eigenvalue weighted by atomic mass is 10.3. The number of hydrogen-bond donors (Lipinski definition) is 2. The number of aromatic nitrogens is 3. The van der Waals surface area contributed by atoms with Crippen LogP contribution in [-0.2, 0) is 0 Å². The summed E-state index contributed by atoms with van der Waals surface area (Å²) in [4.78, 5) is 11.9. The number of hydrogen-bond acceptors (Lipinski definition) is 6. The van der Waals surface area contributed by atoms with Gasteiger partial charge in [0.05, 0.1) is 6.61 Å². The Labute approximate surface area is 120 Å². The normalized spacial score (nSPS) is 10.3. The van der Waals surface area contributed by atoms with Crippen LogP contribution in [0, 0.1) is 11.6 Å². The summed E-state index contributed by atoms with van der Waals surface area (Å²) in [7, 11) is 1.62. The maximum absolute atomic E-state index is 13.6. The van der Waals surface area contributed by atoms with E-state index in [0.717, 1.165) is 18.6 Å². The molecule has 2 aromatic rings. The van der Waals surface area contributed by atoms with Crippen LogP contribution >= 0.6 is 0 Å². The zero-order chi connectivity index (χ0) is 15.2. The van der Waals surface area contributed by atoms with Crippen LogP contribution in [0.3, 0.4) is 0 Å². The maximum Gasteiger partial charge on any atom is 0.323 e. The van der Waals surface area contributed by atoms with Gasteiger partial charge in [-0.2, -0.15) is 15.0 Å². The van der Waals surface area contributed by atoms with Gasteiger partial charge in [0, 0.05) is 7.05 Å². The third kappa shape index (κ3) is 3.74. The highest BCUT2D eigenvalue weighted by Gasteiger charge is 2.12. The van der Waals surface area contributed by atoms with Gasteiger partial charge in [0.15, 0.2) is 0 Å². The van der Waals surface area contributed by atoms with Crippen LogP contribution in [-0.4, -0.2) is 28.6 Å². The first-order valence-corrected chi connectivity index (χ1v) is 6.41. The molecule has 0 atom stereocenters. The van der Waals surface area contributed by atoms with Gasteiger partial charge in [-0.25, -0.2) is 8.78 Å². The standard InChI is InChI=1S/C13H15F2N5O/c1-3-7-21-13-19-11(16-2)18-12(20-13)17-10-8(14)5-4-6-9(10)15/h4-6H,3,7H2,1-2H3,(H2,16,17,18,19,20). The fraction of sp³-hybridized carbons (Fsp3) is 0.308. The number of benzene rings is 1. The highest BCUT2D eigenvalue weighted by atomic mass is 19.1. The zero-order valence-electron chi connectivity index (χ0n) is 11.7. The van der Waals surface area contributed by atoms with Crippen LogP contribution < -0.4 is 15.4 Å². The molecule has 0 amide bonds. The highest BCUT2D eigenvalue weighted by molar-refractivity contribution is 5.56. The predicted molar refractivity (Wildman–Crippen MR) is 74.8 cm³/mol. The molecule has 0 saturated carbocycles. The van der Waals surface area contributed by atoms with E-state index in [-0.39, 0.29) is 23.6 Å². The van der Waals surface area contributed by atoms with E-state index in [0.29, 0.717) is 6.61 Å². The Balaban J connectivity index is 2.30. The lowest BCUT2D eigenvalue weighted by Gasteiger charge is -2.10. The second kappa shape index (κ2) is 6.78. The predicted octanol–water partition coefficient (Wildman–Crippen LogP) is 2.72. The Kier molecular flexibility index (Phi) is 4.81. The molecule has 21 heavy (non-hydrogen) atoms. The Bertz CT molecular complexity index is 603. The molecule has 2 rings (SSSR count). The van der Waals surface area contributed by atoms with Crippen molar-refractivity contribution in [2.24, 2.45) is 0 Å². The van der Waals surface area contributed by atoms with Gasteiger partial charge in [-0.15, -0.1) is 0 Å². The second-order valence-electron chi connectivity index (χ2n) is 4.09. The van der Waals surface area contributed by atoms with E-state index in [9.17, 15) is 8.78 Å². The first kappa shape index (κ1) is 14.9. The van der Waals surface area contributed by atoms with Crippen molar-refractivity contribution in [3.05, 3.63) is 29.8 Å². The molecule has 0 unspecified atom stereocenters. The van der Waals surface area contributed by atoms with Crippen molar-refractivity contribution >= 4 is 17.6 Å². The topological polar surface area (TPSA) is 72.0 Å². The number of anilines is 3. The maximum atomic E-state index is 13.6. The quantitative estimate of drug-likeness (QED) is 0.853. The van der Waals surface area contributed by atoms with Crippen molar-refractivity contribution in [3.63, 3.8) is 0 Å². The number of para-hydroxylation sites is 1. The molecule has 112 valence electrons. The minimum absolute atomic E-state index is 0.00977. The van der Waals surface area contributed by atoms with Gasteiger partial charge in [-0.05, 0) is 18.6 Å². The Morgan fingerprint density at radius 3 is 2.38 bits per heavy atom. The molecular weight excluding hydrogens is 280 g/mol. The van der Waals surface area contributed by atoms with Crippen LogP contribution in [0.5, 0.6) is 6.01 Å². The Morgan fingerprint density at radius 1 is 1.10 bits per heavy atom. The fourth-order valence-corrected chi connectivity index (χ4v) is 1.51. The number of nitrogens with zero attached hydrogens (tertiary/aromatic N) is 3. The smallest absolute Gasteiger partial charge is 0.323 e. The molecule has 1 heterocycles. The fourth-order valence-electron chi connectivity index (χ4n) is 1.51. The van der Waals surface area contributed by atoms with Gasteiger partial charge in [0.25, 0.3) is 0 Å². The number of rotatable bonds is 6. The Hall–Kier alpha value is -2.51. The van der Waals surface area contributed by atoms with Crippen molar-refractivity contribution in [1.29, 1.82) is 0 Å². The summed E-state index contributed by atoms with van der Waals surface area (Å²) in [6.07, 6.45) is 0.783. The molecule has 0 saturated heterocycles. The van der Waals surface area contributed by atoms with Gasteiger partial charge in [0.2, 0.25) is 11.9 Å². The zero-order valence-corrected chi connectivity index (χ0v) is 11.7. The molecule has 0 bridgehead atoms. The van der Waals surface area contributed by atoms with Gasteiger partial charge < -0.3 is 15.4 Å². The van der Waals surface area contributed by atoms with Crippen molar-refractivity contribution in [2.45, 2.75) is 13.3 Å². The van der Waals surface area contributed by atoms with Gasteiger partial charge >= 0.3 is 6.01 Å². The van der Waals surface area contributed by atoms with Gasteiger partial charge in [-0.3, -0.25) is 0 Å². The molecule has 8 heteroatoms. The first-order valence-electron chi connectivity index (χ1n) is 6.41. The molecule has 0 spiro atoms. The van der Waals surface area contributed by atoms with Crippen molar-refractivity contribution in [1.82, 2.24) is 15.0 Å². The number of halogens is 2. The summed E-state index contributed by atoms with van der Waals surface area (Å²) in [5, 5.41) is 5.23. The minimum Gasteiger partial charge on any atom is -0.463 e. The van der Waals surface area contributed by atoms with Crippen molar-refractivity contribution < 1.29 is 13.5 Å². The average Bonchev–Trinajstić information content (AvgIpc) is 2.49. The molecular formula is C13H15F2N5O. The average molecular weight is 295 g/mol. The summed E-state index contributed by atoms with van der Waals surface area (Å²) in [6, 6.07) is 3.63. The number of ether oxygens (including phenoxy) is 1. The SMILES string of the molecule is CCCOc1nc(NC)nc(Nc2c(F)cccc2F)n1. The molecule has 0 aliphatic carbocycles. The molecule has 6 nitrogen and oxygen atoms in total. The summed E-state index contributed by atoms with van der Waals surface area (Å²) in [6.45, 7) is 2.37.